The second-order valence-electron chi connectivity index (χ2n) is 5.10. The van der Waals surface area contributed by atoms with Crippen LogP contribution in [0.3, 0.4) is 0 Å². The molecule has 0 saturated carbocycles. The third-order valence-electron chi connectivity index (χ3n) is 2.94. The summed E-state index contributed by atoms with van der Waals surface area (Å²) in [7, 11) is 0. The standard InChI is InChI=1S/C15H19N3O2/c1-10(2)16-9-13-14(19)8-15(20)18(17-13)12-6-4-11(3)5-7-12/h4-8,10,16,19H,9H2,1-3H3. The van der Waals surface area contributed by atoms with E-state index >= 15 is 0 Å². The predicted molar refractivity (Wildman–Crippen MR) is 78.2 cm³/mol. The minimum absolute atomic E-state index is 0.0773. The zero-order valence-electron chi connectivity index (χ0n) is 11.9. The number of rotatable bonds is 4. The molecule has 0 bridgehead atoms. The van der Waals surface area contributed by atoms with E-state index in [1.54, 1.807) is 0 Å². The highest BCUT2D eigenvalue weighted by Gasteiger charge is 2.09. The highest BCUT2D eigenvalue weighted by atomic mass is 16.3. The molecule has 2 rings (SSSR count). The number of benzene rings is 1. The molecular weight excluding hydrogens is 254 g/mol. The Morgan fingerprint density at radius 2 is 1.95 bits per heavy atom. The van der Waals surface area contributed by atoms with Crippen LogP contribution in [0.1, 0.15) is 25.1 Å². The van der Waals surface area contributed by atoms with E-state index in [0.29, 0.717) is 17.9 Å². The molecule has 0 spiro atoms. The Labute approximate surface area is 117 Å². The van der Waals surface area contributed by atoms with Crippen molar-refractivity contribution in [2.75, 3.05) is 0 Å². The van der Waals surface area contributed by atoms with Crippen molar-refractivity contribution >= 4 is 0 Å². The highest BCUT2D eigenvalue weighted by molar-refractivity contribution is 5.35. The fourth-order valence-electron chi connectivity index (χ4n) is 1.78. The Hall–Kier alpha value is -2.14. The van der Waals surface area contributed by atoms with E-state index in [-0.39, 0.29) is 17.4 Å². The van der Waals surface area contributed by atoms with Gasteiger partial charge in [0.05, 0.1) is 5.69 Å². The van der Waals surface area contributed by atoms with E-state index in [1.807, 2.05) is 45.0 Å². The molecule has 0 saturated heterocycles. The number of nitrogens with zero attached hydrogens (tertiary/aromatic N) is 2. The Kier molecular flexibility index (Phi) is 4.20. The summed E-state index contributed by atoms with van der Waals surface area (Å²) in [5, 5.41) is 17.2. The van der Waals surface area contributed by atoms with Gasteiger partial charge in [0.1, 0.15) is 11.4 Å². The smallest absolute Gasteiger partial charge is 0.275 e. The summed E-state index contributed by atoms with van der Waals surface area (Å²) >= 11 is 0. The molecule has 2 N–H and O–H groups in total. The first-order valence-corrected chi connectivity index (χ1v) is 6.60. The van der Waals surface area contributed by atoms with E-state index < -0.39 is 0 Å². The molecule has 2 aromatic rings. The van der Waals surface area contributed by atoms with E-state index in [0.717, 1.165) is 5.56 Å². The second-order valence-corrected chi connectivity index (χ2v) is 5.10. The molecule has 20 heavy (non-hydrogen) atoms. The maximum absolute atomic E-state index is 11.9. The van der Waals surface area contributed by atoms with Crippen molar-refractivity contribution < 1.29 is 5.11 Å². The van der Waals surface area contributed by atoms with E-state index in [4.69, 9.17) is 0 Å². The number of aryl methyl sites for hydroxylation is 1. The third kappa shape index (κ3) is 3.24. The van der Waals surface area contributed by atoms with Crippen molar-refractivity contribution in [1.29, 1.82) is 0 Å². The van der Waals surface area contributed by atoms with Crippen LogP contribution < -0.4 is 10.9 Å². The molecule has 0 atom stereocenters. The van der Waals surface area contributed by atoms with Crippen molar-refractivity contribution in [3.05, 3.63) is 51.9 Å². The van der Waals surface area contributed by atoms with Gasteiger partial charge < -0.3 is 10.4 Å². The molecule has 106 valence electrons. The molecule has 1 heterocycles. The summed E-state index contributed by atoms with van der Waals surface area (Å²) in [6.07, 6.45) is 0. The first-order valence-electron chi connectivity index (χ1n) is 6.60. The van der Waals surface area contributed by atoms with Gasteiger partial charge in [-0.05, 0) is 19.1 Å². The van der Waals surface area contributed by atoms with Gasteiger partial charge in [-0.2, -0.15) is 9.78 Å². The molecule has 0 amide bonds. The summed E-state index contributed by atoms with van der Waals surface area (Å²) < 4.78 is 1.30. The molecule has 0 aliphatic rings. The number of hydrogen-bond donors (Lipinski definition) is 2. The summed E-state index contributed by atoms with van der Waals surface area (Å²) in [5.41, 5.74) is 1.91. The Bertz CT molecular complexity index is 645. The fraction of sp³-hybridized carbons (Fsp3) is 0.333. The first kappa shape index (κ1) is 14.3. The van der Waals surface area contributed by atoms with Crippen LogP contribution in [-0.4, -0.2) is 20.9 Å². The third-order valence-corrected chi connectivity index (χ3v) is 2.94. The average molecular weight is 273 g/mol. The molecule has 0 unspecified atom stereocenters. The fourth-order valence-corrected chi connectivity index (χ4v) is 1.78. The zero-order valence-corrected chi connectivity index (χ0v) is 11.9. The lowest BCUT2D eigenvalue weighted by Crippen LogP contribution is -2.26. The molecule has 1 aromatic carbocycles. The lowest BCUT2D eigenvalue weighted by atomic mass is 10.2. The zero-order chi connectivity index (χ0) is 14.7. The van der Waals surface area contributed by atoms with Crippen LogP contribution in [0.15, 0.2) is 35.1 Å². The highest BCUT2D eigenvalue weighted by Crippen LogP contribution is 2.13. The molecule has 5 nitrogen and oxygen atoms in total. The van der Waals surface area contributed by atoms with Crippen LogP contribution >= 0.6 is 0 Å². The van der Waals surface area contributed by atoms with Crippen molar-refractivity contribution in [2.45, 2.75) is 33.4 Å². The lowest BCUT2D eigenvalue weighted by Gasteiger charge is -2.11. The average Bonchev–Trinajstić information content (AvgIpc) is 2.39. The van der Waals surface area contributed by atoms with Crippen LogP contribution in [0.25, 0.3) is 5.69 Å². The predicted octanol–water partition coefficient (Wildman–Crippen LogP) is 1.74. The van der Waals surface area contributed by atoms with E-state index in [2.05, 4.69) is 10.4 Å². The Morgan fingerprint density at radius 1 is 1.30 bits per heavy atom. The maximum Gasteiger partial charge on any atom is 0.275 e. The Morgan fingerprint density at radius 3 is 2.55 bits per heavy atom. The molecule has 5 heteroatoms. The molecular formula is C15H19N3O2. The van der Waals surface area contributed by atoms with Gasteiger partial charge in [-0.25, -0.2) is 0 Å². The van der Waals surface area contributed by atoms with Crippen LogP contribution in [0.2, 0.25) is 0 Å². The molecule has 0 fully saturated rings. The van der Waals surface area contributed by atoms with Crippen LogP contribution in [0.5, 0.6) is 5.75 Å². The first-order chi connectivity index (χ1) is 9.47. The summed E-state index contributed by atoms with van der Waals surface area (Å²) in [6.45, 7) is 6.41. The SMILES string of the molecule is Cc1ccc(-n2nc(CNC(C)C)c(O)cc2=O)cc1. The van der Waals surface area contributed by atoms with Gasteiger partial charge in [-0.15, -0.1) is 0 Å². The van der Waals surface area contributed by atoms with Crippen LogP contribution in [-0.2, 0) is 6.54 Å². The molecule has 0 aliphatic carbocycles. The second kappa shape index (κ2) is 5.88. The lowest BCUT2D eigenvalue weighted by molar-refractivity contribution is 0.447. The van der Waals surface area contributed by atoms with Crippen molar-refractivity contribution in [3.8, 4) is 11.4 Å². The van der Waals surface area contributed by atoms with Gasteiger partial charge in [0.15, 0.2) is 0 Å². The van der Waals surface area contributed by atoms with Gasteiger partial charge in [-0.1, -0.05) is 31.5 Å². The quantitative estimate of drug-likeness (QED) is 0.890. The summed E-state index contributed by atoms with van der Waals surface area (Å²) in [6, 6.07) is 8.98. The number of hydrogen-bond acceptors (Lipinski definition) is 4. The van der Waals surface area contributed by atoms with Gasteiger partial charge in [-0.3, -0.25) is 4.79 Å². The largest absolute Gasteiger partial charge is 0.506 e. The summed E-state index contributed by atoms with van der Waals surface area (Å²) in [5.74, 6) is -0.0773. The normalized spacial score (nSPS) is 11.0. The van der Waals surface area contributed by atoms with Gasteiger partial charge in [0.2, 0.25) is 0 Å². The minimum Gasteiger partial charge on any atom is -0.506 e. The van der Waals surface area contributed by atoms with Crippen LogP contribution in [0, 0.1) is 6.92 Å². The van der Waals surface area contributed by atoms with Crippen LogP contribution in [0.4, 0.5) is 0 Å². The van der Waals surface area contributed by atoms with Gasteiger partial charge >= 0.3 is 0 Å². The minimum atomic E-state index is -0.348. The molecule has 0 aliphatic heterocycles. The molecule has 0 radical (unpaired) electrons. The number of aromatic hydroxyl groups is 1. The number of aromatic nitrogens is 2. The monoisotopic (exact) mass is 273 g/mol. The van der Waals surface area contributed by atoms with E-state index in [9.17, 15) is 9.90 Å². The number of nitrogens with one attached hydrogen (secondary N) is 1. The van der Waals surface area contributed by atoms with Crippen molar-refractivity contribution in [1.82, 2.24) is 15.1 Å². The van der Waals surface area contributed by atoms with Gasteiger partial charge in [0.25, 0.3) is 5.56 Å². The van der Waals surface area contributed by atoms with Crippen molar-refractivity contribution in [2.24, 2.45) is 0 Å². The Balaban J connectivity index is 2.40. The summed E-state index contributed by atoms with van der Waals surface area (Å²) in [4.78, 5) is 11.9. The van der Waals surface area contributed by atoms with Gasteiger partial charge in [0, 0.05) is 18.7 Å². The van der Waals surface area contributed by atoms with E-state index in [1.165, 1.54) is 10.7 Å². The topological polar surface area (TPSA) is 67.2 Å². The maximum atomic E-state index is 11.9. The molecule has 1 aromatic heterocycles. The van der Waals surface area contributed by atoms with Crippen molar-refractivity contribution in [3.63, 3.8) is 0 Å².